The van der Waals surface area contributed by atoms with Crippen LogP contribution in [0, 0.1) is 5.92 Å². The molecule has 0 radical (unpaired) electrons. The molecule has 5 nitrogen and oxygen atoms in total. The number of halogens is 8. The minimum absolute atomic E-state index is 0. The molecular weight excluding hydrogens is 607 g/mol. The zero-order valence-electron chi connectivity index (χ0n) is 23.2. The Morgan fingerprint density at radius 3 is 2.17 bits per heavy atom. The Balaban J connectivity index is 0.00000308. The lowest BCUT2D eigenvalue weighted by atomic mass is 9.95. The van der Waals surface area contributed by atoms with Crippen LogP contribution in [-0.2, 0) is 25.2 Å². The number of alkyl halides is 6. The third-order valence-corrected chi connectivity index (χ3v) is 7.84. The summed E-state index contributed by atoms with van der Waals surface area (Å²) >= 11 is 0. The molecule has 1 aliphatic carbocycles. The highest BCUT2D eigenvalue weighted by atomic mass is 35.5. The van der Waals surface area contributed by atoms with Gasteiger partial charge in [0.15, 0.2) is 0 Å². The highest BCUT2D eigenvalue weighted by Crippen LogP contribution is 2.36. The predicted molar refractivity (Wildman–Crippen MR) is 154 cm³/mol. The topological polar surface area (TPSA) is 53.6 Å². The van der Waals surface area contributed by atoms with Gasteiger partial charge < -0.3 is 20.3 Å². The molecule has 1 heterocycles. The van der Waals surface area contributed by atoms with E-state index < -0.39 is 35.0 Å². The summed E-state index contributed by atoms with van der Waals surface area (Å²) in [6, 6.07) is 7.64. The zero-order valence-corrected chi connectivity index (χ0v) is 24.9. The van der Waals surface area contributed by atoms with Crippen LogP contribution in [0.1, 0.15) is 58.3 Å². The number of fused-ring (bicyclic) bond motifs is 1. The van der Waals surface area contributed by atoms with Crippen molar-refractivity contribution in [2.75, 3.05) is 39.8 Å². The van der Waals surface area contributed by atoms with Gasteiger partial charge in [0.05, 0.1) is 18.2 Å². The summed E-state index contributed by atoms with van der Waals surface area (Å²) in [6.07, 6.45) is -3.75. The van der Waals surface area contributed by atoms with E-state index >= 15 is 0 Å². The molecule has 2 aromatic carbocycles. The predicted octanol–water partition coefficient (Wildman–Crippen LogP) is 6.56. The first kappa shape index (κ1) is 36.0. The van der Waals surface area contributed by atoms with E-state index in [1.807, 2.05) is 6.07 Å². The highest BCUT2D eigenvalue weighted by molar-refractivity contribution is 5.94. The van der Waals surface area contributed by atoms with E-state index in [2.05, 4.69) is 27.7 Å². The van der Waals surface area contributed by atoms with Crippen molar-refractivity contribution in [2.24, 2.45) is 5.92 Å². The third-order valence-electron chi connectivity index (χ3n) is 7.84. The van der Waals surface area contributed by atoms with Gasteiger partial charge in [-0.15, -0.1) is 24.8 Å². The minimum Gasteiger partial charge on any atom is -0.497 e. The summed E-state index contributed by atoms with van der Waals surface area (Å²) in [5, 5.41) is 6.22. The van der Waals surface area contributed by atoms with Crippen LogP contribution in [0.25, 0.3) is 0 Å². The molecule has 1 fully saturated rings. The lowest BCUT2D eigenvalue weighted by molar-refractivity contribution is -0.143. The van der Waals surface area contributed by atoms with Crippen molar-refractivity contribution in [1.29, 1.82) is 0 Å². The van der Waals surface area contributed by atoms with Gasteiger partial charge in [0.1, 0.15) is 5.75 Å². The van der Waals surface area contributed by atoms with Gasteiger partial charge in [-0.25, -0.2) is 0 Å². The molecule has 2 aliphatic rings. The van der Waals surface area contributed by atoms with Crippen LogP contribution in [-0.4, -0.2) is 56.7 Å². The standard InChI is InChI=1S/C29H35F6N3O2.2ClH/c1-40-26-6-5-20-3-2-4-25(15-21(20)16-26)37-18-19-7-10-38(11-8-19)12-9-36-27(39)22-13-23(28(30,31)32)17-24(14-22)29(33,34)35;;/h5-6,13-14,16-17,19,25,37H,2-4,7-12,15,18H2,1H3,(H,36,39);2*1H. The van der Waals surface area contributed by atoms with E-state index in [1.54, 1.807) is 7.11 Å². The molecule has 1 unspecified atom stereocenters. The summed E-state index contributed by atoms with van der Waals surface area (Å²) in [7, 11) is 1.68. The van der Waals surface area contributed by atoms with Gasteiger partial charge >= 0.3 is 12.4 Å². The van der Waals surface area contributed by atoms with E-state index in [1.165, 1.54) is 11.1 Å². The summed E-state index contributed by atoms with van der Waals surface area (Å²) in [5.41, 5.74) is -0.941. The molecule has 13 heteroatoms. The Kier molecular flexibility index (Phi) is 13.3. The second-order valence-electron chi connectivity index (χ2n) is 10.7. The van der Waals surface area contributed by atoms with Crippen LogP contribution < -0.4 is 15.4 Å². The number of benzene rings is 2. The lowest BCUT2D eigenvalue weighted by Crippen LogP contribution is -2.42. The van der Waals surface area contributed by atoms with Gasteiger partial charge in [-0.3, -0.25) is 4.79 Å². The average Bonchev–Trinajstić information content (AvgIpc) is 3.12. The van der Waals surface area contributed by atoms with Crippen molar-refractivity contribution in [3.8, 4) is 5.75 Å². The molecule has 1 atom stereocenters. The summed E-state index contributed by atoms with van der Waals surface area (Å²) in [6.45, 7) is 3.15. The average molecular weight is 645 g/mol. The number of carbonyl (C=O) groups is 1. The Morgan fingerprint density at radius 2 is 1.57 bits per heavy atom. The molecule has 0 spiro atoms. The number of nitrogens with one attached hydrogen (secondary N) is 2. The maximum Gasteiger partial charge on any atom is 0.416 e. The van der Waals surface area contributed by atoms with Gasteiger partial charge in [-0.1, -0.05) is 6.07 Å². The third kappa shape index (κ3) is 9.92. The van der Waals surface area contributed by atoms with E-state index in [0.29, 0.717) is 30.6 Å². The highest BCUT2D eigenvalue weighted by Gasteiger charge is 2.37. The maximum atomic E-state index is 13.1. The fourth-order valence-corrected chi connectivity index (χ4v) is 5.51. The second kappa shape index (κ2) is 15.5. The molecule has 1 aliphatic heterocycles. The number of hydrogen-bond acceptors (Lipinski definition) is 4. The van der Waals surface area contributed by atoms with Crippen molar-refractivity contribution in [3.05, 3.63) is 64.2 Å². The van der Waals surface area contributed by atoms with E-state index in [4.69, 9.17) is 4.74 Å². The number of nitrogens with zero attached hydrogens (tertiary/aromatic N) is 1. The van der Waals surface area contributed by atoms with Crippen LogP contribution in [0.2, 0.25) is 0 Å². The number of aryl methyl sites for hydroxylation is 1. The van der Waals surface area contributed by atoms with Crippen LogP contribution >= 0.6 is 24.8 Å². The fraction of sp³-hybridized carbons (Fsp3) is 0.552. The van der Waals surface area contributed by atoms with Gasteiger partial charge in [0, 0.05) is 24.7 Å². The normalized spacial score (nSPS) is 18.2. The smallest absolute Gasteiger partial charge is 0.416 e. The molecule has 4 rings (SSSR count). The molecule has 236 valence electrons. The number of piperidine rings is 1. The molecule has 42 heavy (non-hydrogen) atoms. The Morgan fingerprint density at radius 1 is 0.929 bits per heavy atom. The Bertz CT molecular complexity index is 1140. The maximum absolute atomic E-state index is 13.1. The van der Waals surface area contributed by atoms with Gasteiger partial charge in [-0.05, 0) is 106 Å². The van der Waals surface area contributed by atoms with Crippen LogP contribution in [0.4, 0.5) is 26.3 Å². The van der Waals surface area contributed by atoms with Crippen molar-refractivity contribution >= 4 is 30.7 Å². The monoisotopic (exact) mass is 643 g/mol. The second-order valence-corrected chi connectivity index (χ2v) is 10.7. The van der Waals surface area contributed by atoms with Crippen molar-refractivity contribution in [3.63, 3.8) is 0 Å². The largest absolute Gasteiger partial charge is 0.497 e. The van der Waals surface area contributed by atoms with Crippen molar-refractivity contribution in [1.82, 2.24) is 15.5 Å². The first-order chi connectivity index (χ1) is 18.9. The first-order valence-corrected chi connectivity index (χ1v) is 13.6. The number of ether oxygens (including phenoxy) is 1. The lowest BCUT2D eigenvalue weighted by Gasteiger charge is -2.33. The molecule has 0 saturated carbocycles. The van der Waals surface area contributed by atoms with Crippen LogP contribution in [0.3, 0.4) is 0 Å². The molecule has 1 saturated heterocycles. The molecule has 0 bridgehead atoms. The number of rotatable bonds is 8. The summed E-state index contributed by atoms with van der Waals surface area (Å²) in [4.78, 5) is 14.5. The van der Waals surface area contributed by atoms with Gasteiger partial charge in [0.25, 0.3) is 5.91 Å². The van der Waals surface area contributed by atoms with E-state index in [0.717, 1.165) is 63.9 Å². The number of carbonyl (C=O) groups excluding carboxylic acids is 1. The quantitative estimate of drug-likeness (QED) is 0.253. The molecule has 2 aromatic rings. The Labute approximate surface area is 254 Å². The minimum atomic E-state index is -5.00. The summed E-state index contributed by atoms with van der Waals surface area (Å²) in [5.74, 6) is 0.437. The van der Waals surface area contributed by atoms with Gasteiger partial charge in [-0.2, -0.15) is 26.3 Å². The van der Waals surface area contributed by atoms with E-state index in [-0.39, 0.29) is 37.4 Å². The molecular formula is C29H37Cl2F6N3O2. The van der Waals surface area contributed by atoms with Crippen molar-refractivity contribution < 1.29 is 35.9 Å². The van der Waals surface area contributed by atoms with E-state index in [9.17, 15) is 31.1 Å². The Hall–Kier alpha value is -2.21. The molecule has 2 N–H and O–H groups in total. The molecule has 1 amide bonds. The number of likely N-dealkylation sites (tertiary alicyclic amines) is 1. The van der Waals surface area contributed by atoms with Crippen LogP contribution in [0.5, 0.6) is 5.75 Å². The number of amides is 1. The zero-order chi connectivity index (χ0) is 28.9. The molecule has 0 aromatic heterocycles. The summed E-state index contributed by atoms with van der Waals surface area (Å²) < 4.78 is 83.9. The van der Waals surface area contributed by atoms with Crippen molar-refractivity contribution in [2.45, 2.75) is 56.9 Å². The fourth-order valence-electron chi connectivity index (χ4n) is 5.51. The number of hydrogen-bond donors (Lipinski definition) is 2. The van der Waals surface area contributed by atoms with Gasteiger partial charge in [0.2, 0.25) is 0 Å². The first-order valence-electron chi connectivity index (χ1n) is 13.6. The SMILES string of the molecule is COc1ccc2c(c1)CC(NCC1CCN(CCNC(=O)c3cc(C(F)(F)F)cc(C(F)(F)F)c3)CC1)CCC2.Cl.Cl. The van der Waals surface area contributed by atoms with Crippen LogP contribution in [0.15, 0.2) is 36.4 Å². The number of methoxy groups -OCH3 is 1.